The fraction of sp³-hybridized carbons (Fsp3) is 0.333. The van der Waals surface area contributed by atoms with Crippen LogP contribution in [0.4, 0.5) is 0 Å². The number of hydrogen-bond donors (Lipinski definition) is 0. The number of ether oxygens (including phenoxy) is 1. The van der Waals surface area contributed by atoms with Crippen molar-refractivity contribution in [3.05, 3.63) is 39.9 Å². The van der Waals surface area contributed by atoms with E-state index in [9.17, 15) is 4.79 Å². The summed E-state index contributed by atoms with van der Waals surface area (Å²) in [5.74, 6) is 0.644. The summed E-state index contributed by atoms with van der Waals surface area (Å²) in [6, 6.07) is 5.65. The molecule has 0 aliphatic rings. The lowest BCUT2D eigenvalue weighted by Crippen LogP contribution is -2.22. The van der Waals surface area contributed by atoms with E-state index >= 15 is 0 Å². The van der Waals surface area contributed by atoms with Crippen LogP contribution < -0.4 is 5.56 Å². The number of hydrogen-bond acceptors (Lipinski definition) is 3. The molecule has 0 unspecified atom stereocenters. The molecular weight excluding hydrogens is 204 g/mol. The molecule has 4 heteroatoms. The van der Waals surface area contributed by atoms with Crippen LogP contribution in [0.3, 0.4) is 0 Å². The molecule has 0 N–H and O–H groups in total. The Kier molecular flexibility index (Phi) is 2.75. The van der Waals surface area contributed by atoms with Crippen molar-refractivity contribution in [2.24, 2.45) is 7.05 Å². The van der Waals surface area contributed by atoms with E-state index in [0.717, 1.165) is 11.1 Å². The fourth-order valence-corrected chi connectivity index (χ4v) is 1.69. The minimum atomic E-state index is -0.0305. The van der Waals surface area contributed by atoms with Crippen LogP contribution in [0.25, 0.3) is 10.9 Å². The number of fused-ring (bicyclic) bond motifs is 1. The molecule has 2 rings (SSSR count). The largest absolute Gasteiger partial charge is 0.377 e. The Balaban J connectivity index is 2.78. The van der Waals surface area contributed by atoms with Gasteiger partial charge in [0.05, 0.1) is 10.9 Å². The topological polar surface area (TPSA) is 44.1 Å². The van der Waals surface area contributed by atoms with E-state index in [0.29, 0.717) is 17.8 Å². The molecular formula is C12H14N2O2. The number of methoxy groups -OCH3 is 1. The Labute approximate surface area is 93.5 Å². The highest BCUT2D eigenvalue weighted by Crippen LogP contribution is 2.10. The number of aryl methyl sites for hydroxylation is 1. The molecule has 0 fully saturated rings. The highest BCUT2D eigenvalue weighted by atomic mass is 16.5. The highest BCUT2D eigenvalue weighted by molar-refractivity contribution is 5.78. The lowest BCUT2D eigenvalue weighted by molar-refractivity contribution is 0.174. The summed E-state index contributed by atoms with van der Waals surface area (Å²) >= 11 is 0. The summed E-state index contributed by atoms with van der Waals surface area (Å²) in [5, 5.41) is 0.646. The summed E-state index contributed by atoms with van der Waals surface area (Å²) in [6.07, 6.45) is 0. The standard InChI is InChI=1S/C12H14N2O2/c1-8-4-5-9-10(6-8)13-11(7-16-3)14(2)12(9)15/h4-6H,7H2,1-3H3. The van der Waals surface area contributed by atoms with Crippen LogP contribution in [0.15, 0.2) is 23.0 Å². The van der Waals surface area contributed by atoms with E-state index < -0.39 is 0 Å². The zero-order valence-corrected chi connectivity index (χ0v) is 9.65. The Bertz CT molecular complexity index is 587. The van der Waals surface area contributed by atoms with E-state index in [1.807, 2.05) is 25.1 Å². The molecule has 0 spiro atoms. The van der Waals surface area contributed by atoms with Crippen molar-refractivity contribution in [2.75, 3.05) is 7.11 Å². The van der Waals surface area contributed by atoms with Crippen molar-refractivity contribution >= 4 is 10.9 Å². The minimum absolute atomic E-state index is 0.0305. The molecule has 2 aromatic rings. The molecule has 0 aliphatic heterocycles. The SMILES string of the molecule is COCc1nc2cc(C)ccc2c(=O)n1C. The van der Waals surface area contributed by atoms with Crippen LogP contribution in [-0.2, 0) is 18.4 Å². The van der Waals surface area contributed by atoms with Crippen molar-refractivity contribution in [3.8, 4) is 0 Å². The second-order valence-corrected chi connectivity index (χ2v) is 3.85. The summed E-state index contributed by atoms with van der Waals surface area (Å²) in [7, 11) is 3.30. The lowest BCUT2D eigenvalue weighted by atomic mass is 10.2. The minimum Gasteiger partial charge on any atom is -0.377 e. The Hall–Kier alpha value is -1.68. The predicted octanol–water partition coefficient (Wildman–Crippen LogP) is 1.39. The Morgan fingerprint density at radius 1 is 1.44 bits per heavy atom. The quantitative estimate of drug-likeness (QED) is 0.765. The van der Waals surface area contributed by atoms with Gasteiger partial charge in [0, 0.05) is 14.2 Å². The highest BCUT2D eigenvalue weighted by Gasteiger charge is 2.07. The summed E-state index contributed by atoms with van der Waals surface area (Å²) in [5.41, 5.74) is 1.80. The van der Waals surface area contributed by atoms with Crippen molar-refractivity contribution in [2.45, 2.75) is 13.5 Å². The average Bonchev–Trinajstić information content (AvgIpc) is 2.25. The van der Waals surface area contributed by atoms with Gasteiger partial charge in [0.15, 0.2) is 0 Å². The first kappa shape index (κ1) is 10.8. The summed E-state index contributed by atoms with van der Waals surface area (Å²) in [4.78, 5) is 16.4. The number of aromatic nitrogens is 2. The molecule has 1 heterocycles. The van der Waals surface area contributed by atoms with Gasteiger partial charge in [-0.15, -0.1) is 0 Å². The first-order valence-electron chi connectivity index (χ1n) is 5.08. The first-order chi connectivity index (χ1) is 7.63. The van der Waals surface area contributed by atoms with Gasteiger partial charge in [-0.2, -0.15) is 0 Å². The van der Waals surface area contributed by atoms with Crippen molar-refractivity contribution < 1.29 is 4.74 Å². The van der Waals surface area contributed by atoms with Crippen LogP contribution in [0, 0.1) is 6.92 Å². The molecule has 0 radical (unpaired) electrons. The summed E-state index contributed by atoms with van der Waals surface area (Å²) < 4.78 is 6.55. The molecule has 0 saturated carbocycles. The molecule has 0 aliphatic carbocycles. The maximum absolute atomic E-state index is 12.0. The van der Waals surface area contributed by atoms with Crippen LogP contribution in [-0.4, -0.2) is 16.7 Å². The molecule has 16 heavy (non-hydrogen) atoms. The molecule has 1 aromatic heterocycles. The van der Waals surface area contributed by atoms with E-state index in [1.54, 1.807) is 14.2 Å². The molecule has 0 saturated heterocycles. The molecule has 4 nitrogen and oxygen atoms in total. The Morgan fingerprint density at radius 3 is 2.88 bits per heavy atom. The zero-order valence-electron chi connectivity index (χ0n) is 9.65. The van der Waals surface area contributed by atoms with E-state index in [2.05, 4.69) is 4.98 Å². The third-order valence-corrected chi connectivity index (χ3v) is 2.60. The zero-order chi connectivity index (χ0) is 11.7. The van der Waals surface area contributed by atoms with Gasteiger partial charge in [0.25, 0.3) is 5.56 Å². The van der Waals surface area contributed by atoms with Gasteiger partial charge in [-0.1, -0.05) is 6.07 Å². The normalized spacial score (nSPS) is 10.9. The van der Waals surface area contributed by atoms with Crippen LogP contribution in [0.2, 0.25) is 0 Å². The summed E-state index contributed by atoms with van der Waals surface area (Å²) in [6.45, 7) is 2.32. The van der Waals surface area contributed by atoms with Gasteiger partial charge in [0.2, 0.25) is 0 Å². The smallest absolute Gasteiger partial charge is 0.261 e. The van der Waals surface area contributed by atoms with Gasteiger partial charge in [-0.25, -0.2) is 4.98 Å². The maximum atomic E-state index is 12.0. The van der Waals surface area contributed by atoms with Crippen molar-refractivity contribution in [1.29, 1.82) is 0 Å². The van der Waals surface area contributed by atoms with E-state index in [1.165, 1.54) is 4.57 Å². The van der Waals surface area contributed by atoms with E-state index in [-0.39, 0.29) is 5.56 Å². The van der Waals surface area contributed by atoms with Crippen LogP contribution >= 0.6 is 0 Å². The van der Waals surface area contributed by atoms with Crippen LogP contribution in [0.1, 0.15) is 11.4 Å². The molecule has 0 bridgehead atoms. The van der Waals surface area contributed by atoms with Gasteiger partial charge < -0.3 is 4.74 Å². The lowest BCUT2D eigenvalue weighted by Gasteiger charge is -2.08. The van der Waals surface area contributed by atoms with Crippen molar-refractivity contribution in [3.63, 3.8) is 0 Å². The van der Waals surface area contributed by atoms with Gasteiger partial charge in [-0.3, -0.25) is 9.36 Å². The predicted molar refractivity (Wildman–Crippen MR) is 62.4 cm³/mol. The van der Waals surface area contributed by atoms with Gasteiger partial charge in [0.1, 0.15) is 12.4 Å². The molecule has 0 amide bonds. The van der Waals surface area contributed by atoms with Gasteiger partial charge >= 0.3 is 0 Å². The average molecular weight is 218 g/mol. The maximum Gasteiger partial charge on any atom is 0.261 e. The third-order valence-electron chi connectivity index (χ3n) is 2.60. The first-order valence-corrected chi connectivity index (χ1v) is 5.08. The van der Waals surface area contributed by atoms with E-state index in [4.69, 9.17) is 4.74 Å². The second-order valence-electron chi connectivity index (χ2n) is 3.85. The fourth-order valence-electron chi connectivity index (χ4n) is 1.69. The Morgan fingerprint density at radius 2 is 2.19 bits per heavy atom. The molecule has 0 atom stereocenters. The number of benzene rings is 1. The third kappa shape index (κ3) is 1.72. The molecule has 1 aromatic carbocycles. The molecule has 84 valence electrons. The second kappa shape index (κ2) is 4.06. The number of rotatable bonds is 2. The number of nitrogens with zero attached hydrogens (tertiary/aromatic N) is 2. The monoisotopic (exact) mass is 218 g/mol. The van der Waals surface area contributed by atoms with Crippen molar-refractivity contribution in [1.82, 2.24) is 9.55 Å². The van der Waals surface area contributed by atoms with Gasteiger partial charge in [-0.05, 0) is 24.6 Å². The van der Waals surface area contributed by atoms with Crippen LogP contribution in [0.5, 0.6) is 0 Å².